The van der Waals surface area contributed by atoms with Gasteiger partial charge in [-0.1, -0.05) is 48.2 Å². The van der Waals surface area contributed by atoms with E-state index in [-0.39, 0.29) is 11.3 Å². The van der Waals surface area contributed by atoms with Gasteiger partial charge in [0.15, 0.2) is 11.0 Å². The number of halogens is 3. The van der Waals surface area contributed by atoms with Gasteiger partial charge in [-0.25, -0.2) is 5.43 Å². The van der Waals surface area contributed by atoms with Crippen LogP contribution in [0.5, 0.6) is 5.75 Å². The number of benzene rings is 3. The zero-order valence-corrected chi connectivity index (χ0v) is 19.8. The Balaban J connectivity index is 1.49. The fourth-order valence-electron chi connectivity index (χ4n) is 3.30. The molecule has 0 atom stereocenters. The van der Waals surface area contributed by atoms with E-state index in [4.69, 9.17) is 4.74 Å². The second-order valence-electron chi connectivity index (χ2n) is 7.37. The van der Waals surface area contributed by atoms with Gasteiger partial charge < -0.3 is 4.74 Å². The summed E-state index contributed by atoms with van der Waals surface area (Å²) >= 11 is 1.13. The zero-order valence-electron chi connectivity index (χ0n) is 18.9. The summed E-state index contributed by atoms with van der Waals surface area (Å²) in [7, 11) is 1.58. The zero-order chi connectivity index (χ0) is 25.5. The van der Waals surface area contributed by atoms with E-state index in [1.807, 2.05) is 59.2 Å². The van der Waals surface area contributed by atoms with Crippen molar-refractivity contribution in [1.82, 2.24) is 20.2 Å². The van der Waals surface area contributed by atoms with Crippen LogP contribution in [0.15, 0.2) is 89.1 Å². The van der Waals surface area contributed by atoms with Gasteiger partial charge in [-0.2, -0.15) is 18.3 Å². The number of aromatic nitrogens is 3. The lowest BCUT2D eigenvalue weighted by molar-refractivity contribution is -0.137. The third kappa shape index (κ3) is 5.92. The SMILES string of the molecule is COc1ccc(-c2nnc(SCC(=O)N/N=C\c3ccccc3C(F)(F)F)n2-c2ccccc2)cc1. The summed E-state index contributed by atoms with van der Waals surface area (Å²) in [6, 6.07) is 21.7. The van der Waals surface area contributed by atoms with Crippen molar-refractivity contribution < 1.29 is 22.7 Å². The van der Waals surface area contributed by atoms with Crippen molar-refractivity contribution in [2.24, 2.45) is 5.10 Å². The third-order valence-electron chi connectivity index (χ3n) is 4.99. The van der Waals surface area contributed by atoms with E-state index >= 15 is 0 Å². The van der Waals surface area contributed by atoms with Gasteiger partial charge in [-0.15, -0.1) is 10.2 Å². The van der Waals surface area contributed by atoms with Crippen LogP contribution in [0.3, 0.4) is 0 Å². The second-order valence-corrected chi connectivity index (χ2v) is 8.32. The summed E-state index contributed by atoms with van der Waals surface area (Å²) in [6.07, 6.45) is -3.55. The smallest absolute Gasteiger partial charge is 0.417 e. The number of amides is 1. The van der Waals surface area contributed by atoms with Crippen molar-refractivity contribution in [2.45, 2.75) is 11.3 Å². The number of carbonyl (C=O) groups is 1. The van der Waals surface area contributed by atoms with E-state index in [1.54, 1.807) is 7.11 Å². The highest BCUT2D eigenvalue weighted by Crippen LogP contribution is 2.31. The Morgan fingerprint density at radius 3 is 2.42 bits per heavy atom. The highest BCUT2D eigenvalue weighted by Gasteiger charge is 2.32. The maximum absolute atomic E-state index is 13.1. The molecular weight excluding hydrogens is 491 g/mol. The number of thioether (sulfide) groups is 1. The molecule has 184 valence electrons. The van der Waals surface area contributed by atoms with E-state index in [0.717, 1.165) is 35.3 Å². The lowest BCUT2D eigenvalue weighted by Crippen LogP contribution is -2.20. The quantitative estimate of drug-likeness (QED) is 0.200. The summed E-state index contributed by atoms with van der Waals surface area (Å²) in [5.74, 6) is 0.698. The molecule has 4 aromatic rings. The van der Waals surface area contributed by atoms with Gasteiger partial charge in [0.2, 0.25) is 0 Å². The van der Waals surface area contributed by atoms with Gasteiger partial charge in [-0.05, 0) is 42.5 Å². The van der Waals surface area contributed by atoms with Gasteiger partial charge in [0.25, 0.3) is 5.91 Å². The normalized spacial score (nSPS) is 11.6. The van der Waals surface area contributed by atoms with Crippen LogP contribution >= 0.6 is 11.8 Å². The number of carbonyl (C=O) groups excluding carboxylic acids is 1. The lowest BCUT2D eigenvalue weighted by atomic mass is 10.1. The van der Waals surface area contributed by atoms with Gasteiger partial charge in [-0.3, -0.25) is 9.36 Å². The second kappa shape index (κ2) is 11.1. The number of methoxy groups -OCH3 is 1. The van der Waals surface area contributed by atoms with Crippen LogP contribution in [-0.2, 0) is 11.0 Å². The molecule has 0 aliphatic carbocycles. The topological polar surface area (TPSA) is 81.4 Å². The fourth-order valence-corrected chi connectivity index (χ4v) is 4.05. The van der Waals surface area contributed by atoms with Crippen LogP contribution in [-0.4, -0.2) is 39.7 Å². The van der Waals surface area contributed by atoms with Crippen molar-refractivity contribution >= 4 is 23.9 Å². The standard InChI is InChI=1S/C25H20F3N5O2S/c1-35-20-13-11-17(12-14-20)23-31-32-24(33(23)19-8-3-2-4-9-19)36-16-22(34)30-29-15-18-7-5-6-10-21(18)25(26,27)28/h2-15H,16H2,1H3,(H,30,34)/b29-15-. The summed E-state index contributed by atoms with van der Waals surface area (Å²) in [5, 5.41) is 12.7. The molecule has 0 fully saturated rings. The Hall–Kier alpha value is -4.12. The van der Waals surface area contributed by atoms with E-state index < -0.39 is 17.6 Å². The highest BCUT2D eigenvalue weighted by molar-refractivity contribution is 7.99. The van der Waals surface area contributed by atoms with Gasteiger partial charge in [0.1, 0.15) is 5.75 Å². The first-order chi connectivity index (χ1) is 17.4. The minimum Gasteiger partial charge on any atom is -0.497 e. The van der Waals surface area contributed by atoms with Gasteiger partial charge in [0.05, 0.1) is 24.6 Å². The predicted molar refractivity (Wildman–Crippen MR) is 131 cm³/mol. The number of hydrogen-bond donors (Lipinski definition) is 1. The highest BCUT2D eigenvalue weighted by atomic mass is 32.2. The number of alkyl halides is 3. The maximum Gasteiger partial charge on any atom is 0.417 e. The summed E-state index contributed by atoms with van der Waals surface area (Å²) in [6.45, 7) is 0. The first kappa shape index (κ1) is 25.0. The summed E-state index contributed by atoms with van der Waals surface area (Å²) in [4.78, 5) is 12.3. The molecule has 0 saturated heterocycles. The van der Waals surface area contributed by atoms with Crippen LogP contribution in [0.4, 0.5) is 13.2 Å². The van der Waals surface area contributed by atoms with E-state index in [2.05, 4.69) is 20.7 Å². The molecule has 0 aliphatic heterocycles. The molecule has 11 heteroatoms. The molecule has 1 amide bonds. The van der Waals surface area contributed by atoms with Crippen LogP contribution in [0.2, 0.25) is 0 Å². The molecular formula is C25H20F3N5O2S. The number of hydrogen-bond acceptors (Lipinski definition) is 6. The van der Waals surface area contributed by atoms with Gasteiger partial charge >= 0.3 is 6.18 Å². The number of nitrogens with one attached hydrogen (secondary N) is 1. The summed E-state index contributed by atoms with van der Waals surface area (Å²) in [5.41, 5.74) is 2.89. The minimum atomic E-state index is -4.52. The molecule has 0 radical (unpaired) electrons. The van der Waals surface area contributed by atoms with E-state index in [9.17, 15) is 18.0 Å². The van der Waals surface area contributed by atoms with Crippen LogP contribution in [0.1, 0.15) is 11.1 Å². The van der Waals surface area contributed by atoms with E-state index in [0.29, 0.717) is 16.7 Å². The molecule has 0 unspecified atom stereocenters. The average Bonchev–Trinajstić information content (AvgIpc) is 3.32. The van der Waals surface area contributed by atoms with Crippen molar-refractivity contribution in [2.75, 3.05) is 12.9 Å². The Morgan fingerprint density at radius 1 is 1.03 bits per heavy atom. The van der Waals surface area contributed by atoms with Crippen molar-refractivity contribution in [1.29, 1.82) is 0 Å². The Labute approximate surface area is 209 Å². The predicted octanol–water partition coefficient (Wildman–Crippen LogP) is 5.20. The molecule has 0 aliphatic rings. The molecule has 1 heterocycles. The molecule has 0 spiro atoms. The maximum atomic E-state index is 13.1. The van der Waals surface area contributed by atoms with Crippen molar-refractivity contribution in [3.05, 3.63) is 90.0 Å². The Kier molecular flexibility index (Phi) is 7.69. The van der Waals surface area contributed by atoms with Crippen molar-refractivity contribution in [3.63, 3.8) is 0 Å². The number of hydrazone groups is 1. The number of rotatable bonds is 8. The van der Waals surface area contributed by atoms with Crippen LogP contribution in [0, 0.1) is 0 Å². The molecule has 4 rings (SSSR count). The monoisotopic (exact) mass is 511 g/mol. The lowest BCUT2D eigenvalue weighted by Gasteiger charge is -2.10. The molecule has 7 nitrogen and oxygen atoms in total. The number of nitrogens with zero attached hydrogens (tertiary/aromatic N) is 4. The third-order valence-corrected chi connectivity index (χ3v) is 5.92. The van der Waals surface area contributed by atoms with Crippen LogP contribution in [0.25, 0.3) is 17.1 Å². The Morgan fingerprint density at radius 2 is 1.72 bits per heavy atom. The number of para-hydroxylation sites is 1. The molecule has 3 aromatic carbocycles. The average molecular weight is 512 g/mol. The molecule has 0 saturated carbocycles. The Bertz CT molecular complexity index is 1360. The minimum absolute atomic E-state index is 0.0775. The fraction of sp³-hybridized carbons (Fsp3) is 0.120. The van der Waals surface area contributed by atoms with Gasteiger partial charge in [0, 0.05) is 16.8 Å². The van der Waals surface area contributed by atoms with Crippen molar-refractivity contribution in [3.8, 4) is 22.8 Å². The first-order valence-electron chi connectivity index (χ1n) is 10.6. The largest absolute Gasteiger partial charge is 0.497 e. The summed E-state index contributed by atoms with van der Waals surface area (Å²) < 4.78 is 46.4. The molecule has 1 N–H and O–H groups in total. The molecule has 36 heavy (non-hydrogen) atoms. The van der Waals surface area contributed by atoms with Crippen LogP contribution < -0.4 is 10.2 Å². The first-order valence-corrected chi connectivity index (χ1v) is 11.6. The molecule has 0 bridgehead atoms. The number of ether oxygens (including phenoxy) is 1. The van der Waals surface area contributed by atoms with E-state index in [1.165, 1.54) is 18.2 Å². The molecule has 1 aromatic heterocycles.